The van der Waals surface area contributed by atoms with Gasteiger partial charge in [0, 0.05) is 24.3 Å². The van der Waals surface area contributed by atoms with Gasteiger partial charge < -0.3 is 38.3 Å². The van der Waals surface area contributed by atoms with Gasteiger partial charge in [0.25, 0.3) is 5.91 Å². The summed E-state index contributed by atoms with van der Waals surface area (Å²) in [5.41, 5.74) is 0.605. The van der Waals surface area contributed by atoms with E-state index in [1.54, 1.807) is 46.3 Å². The van der Waals surface area contributed by atoms with Crippen molar-refractivity contribution >= 4 is 22.8 Å². The van der Waals surface area contributed by atoms with Gasteiger partial charge in [-0.2, -0.15) is 0 Å². The molecule has 3 N–H and O–H groups in total. The predicted octanol–water partition coefficient (Wildman–Crippen LogP) is 3.98. The largest absolute Gasteiger partial charge is 0.497 e. The molecule has 0 bridgehead atoms. The van der Waals surface area contributed by atoms with Crippen LogP contribution in [0, 0.1) is 0 Å². The topological polar surface area (TPSA) is 146 Å². The van der Waals surface area contributed by atoms with Crippen LogP contribution in [0.15, 0.2) is 75.9 Å². The van der Waals surface area contributed by atoms with Crippen LogP contribution < -0.4 is 25.0 Å². The highest BCUT2D eigenvalue weighted by atomic mass is 16.7. The van der Waals surface area contributed by atoms with E-state index in [9.17, 15) is 19.8 Å². The Bertz CT molecular complexity index is 1700. The number of anilines is 1. The Morgan fingerprint density at radius 3 is 2.42 bits per heavy atom. The quantitative estimate of drug-likeness (QED) is 0.275. The van der Waals surface area contributed by atoms with Crippen molar-refractivity contribution in [2.75, 3.05) is 26.6 Å². The van der Waals surface area contributed by atoms with Crippen LogP contribution in [0.4, 0.5) is 5.88 Å². The highest BCUT2D eigenvalue weighted by Crippen LogP contribution is 2.34. The molecule has 1 aromatic heterocycles. The normalized spacial score (nSPS) is 21.3. The third kappa shape index (κ3) is 6.06. The number of aliphatic hydroxyl groups excluding tert-OH is 2. The first-order valence-corrected chi connectivity index (χ1v) is 13.5. The molecule has 1 aliphatic rings. The second-order valence-corrected chi connectivity index (χ2v) is 10.6. The van der Waals surface area contributed by atoms with Gasteiger partial charge in [-0.3, -0.25) is 14.9 Å². The van der Waals surface area contributed by atoms with Gasteiger partial charge in [0.15, 0.2) is 5.43 Å². The lowest BCUT2D eigenvalue weighted by Gasteiger charge is -2.46. The molecule has 0 spiro atoms. The summed E-state index contributed by atoms with van der Waals surface area (Å²) >= 11 is 0. The van der Waals surface area contributed by atoms with Crippen molar-refractivity contribution < 1.29 is 43.1 Å². The fourth-order valence-corrected chi connectivity index (χ4v) is 5.16. The van der Waals surface area contributed by atoms with Crippen LogP contribution in [-0.2, 0) is 9.47 Å². The summed E-state index contributed by atoms with van der Waals surface area (Å²) in [7, 11) is 4.54. The van der Waals surface area contributed by atoms with Crippen LogP contribution in [0.3, 0.4) is 0 Å². The van der Waals surface area contributed by atoms with E-state index in [-0.39, 0.29) is 22.6 Å². The third-order valence-corrected chi connectivity index (χ3v) is 7.33. The molecule has 1 aliphatic heterocycles. The molecule has 1 fully saturated rings. The standard InChI is InChI=1S/C32H33NO10/c1-32(2)29(40-5)27(35)28(36)31(43-32)41-20-10-12-25-22(15-20)23(34)16-26(42-25)33-30(37)18-9-11-24(39-4)21(14-18)17-7-6-8-19(13-17)38-3/h6-16,27-29,31,35-36H,1-5H3,(H,33,37)/t27-,28+,29+,31+/m0/s1. The molecule has 11 nitrogen and oxygen atoms in total. The number of carbonyl (C=O) groups excluding carboxylic acids is 1. The van der Waals surface area contributed by atoms with Crippen LogP contribution >= 0.6 is 0 Å². The SMILES string of the molecule is COc1cccc(-c2cc(C(=O)Nc3cc(=O)c4cc(O[C@@H]5OC(C)(C)[C@H](OC)[C@@H](O)[C@H]5O)ccc4o3)ccc2OC)c1. The second-order valence-electron chi connectivity index (χ2n) is 10.6. The number of ether oxygens (including phenoxy) is 5. The van der Waals surface area contributed by atoms with Crippen LogP contribution in [0.2, 0.25) is 0 Å². The van der Waals surface area contributed by atoms with Gasteiger partial charge in [-0.15, -0.1) is 0 Å². The summed E-state index contributed by atoms with van der Waals surface area (Å²) in [5.74, 6) is 0.903. The van der Waals surface area contributed by atoms with E-state index in [1.165, 1.54) is 31.4 Å². The summed E-state index contributed by atoms with van der Waals surface area (Å²) in [6.45, 7) is 3.42. The zero-order valence-corrected chi connectivity index (χ0v) is 24.3. The van der Waals surface area contributed by atoms with Crippen LogP contribution in [-0.4, -0.2) is 67.7 Å². The number of benzene rings is 3. The van der Waals surface area contributed by atoms with E-state index in [1.807, 2.05) is 24.3 Å². The minimum atomic E-state index is -1.40. The first-order valence-electron chi connectivity index (χ1n) is 13.5. The van der Waals surface area contributed by atoms with Crippen molar-refractivity contribution in [1.82, 2.24) is 0 Å². The van der Waals surface area contributed by atoms with Gasteiger partial charge in [-0.05, 0) is 67.9 Å². The average Bonchev–Trinajstić information content (AvgIpc) is 2.99. The summed E-state index contributed by atoms with van der Waals surface area (Å²) in [5, 5.41) is 23.9. The predicted molar refractivity (Wildman–Crippen MR) is 158 cm³/mol. The van der Waals surface area contributed by atoms with E-state index in [2.05, 4.69) is 5.32 Å². The lowest BCUT2D eigenvalue weighted by molar-refractivity contribution is -0.305. The summed E-state index contributed by atoms with van der Waals surface area (Å²) in [4.78, 5) is 26.2. The number of fused-ring (bicyclic) bond motifs is 1. The molecule has 2 heterocycles. The lowest BCUT2D eigenvalue weighted by atomic mass is 9.89. The van der Waals surface area contributed by atoms with E-state index < -0.39 is 41.5 Å². The van der Waals surface area contributed by atoms with Crippen molar-refractivity contribution in [1.29, 1.82) is 0 Å². The number of methoxy groups -OCH3 is 3. The van der Waals surface area contributed by atoms with Crippen molar-refractivity contribution in [3.63, 3.8) is 0 Å². The fourth-order valence-electron chi connectivity index (χ4n) is 5.16. The molecular formula is C32H33NO10. The number of amides is 1. The van der Waals surface area contributed by atoms with Crippen LogP contribution in [0.1, 0.15) is 24.2 Å². The average molecular weight is 592 g/mol. The Kier molecular flexibility index (Phi) is 8.43. The van der Waals surface area contributed by atoms with Gasteiger partial charge in [0.05, 0.1) is 25.2 Å². The number of hydrogen-bond donors (Lipinski definition) is 3. The maximum absolute atomic E-state index is 13.2. The van der Waals surface area contributed by atoms with Gasteiger partial charge >= 0.3 is 0 Å². The molecule has 5 rings (SSSR count). The number of aliphatic hydroxyl groups is 2. The monoisotopic (exact) mass is 591 g/mol. The van der Waals surface area contributed by atoms with Gasteiger partial charge in [0.2, 0.25) is 12.2 Å². The summed E-state index contributed by atoms with van der Waals surface area (Å²) < 4.78 is 33.6. The molecular weight excluding hydrogens is 558 g/mol. The molecule has 1 amide bonds. The van der Waals surface area contributed by atoms with Crippen LogP contribution in [0.25, 0.3) is 22.1 Å². The number of nitrogens with one attached hydrogen (secondary N) is 1. The zero-order chi connectivity index (χ0) is 30.9. The van der Waals surface area contributed by atoms with Crippen molar-refractivity contribution in [2.24, 2.45) is 0 Å². The molecule has 43 heavy (non-hydrogen) atoms. The van der Waals surface area contributed by atoms with Gasteiger partial charge in [-0.25, -0.2) is 0 Å². The Labute approximate surface area is 247 Å². The van der Waals surface area contributed by atoms with E-state index in [4.69, 9.17) is 28.1 Å². The zero-order valence-electron chi connectivity index (χ0n) is 24.3. The Balaban J connectivity index is 1.36. The minimum absolute atomic E-state index is 0.0450. The minimum Gasteiger partial charge on any atom is -0.497 e. The molecule has 0 saturated carbocycles. The van der Waals surface area contributed by atoms with Crippen molar-refractivity contribution in [3.8, 4) is 28.4 Å². The van der Waals surface area contributed by atoms with E-state index in [0.29, 0.717) is 22.6 Å². The van der Waals surface area contributed by atoms with E-state index in [0.717, 1.165) is 5.56 Å². The summed E-state index contributed by atoms with van der Waals surface area (Å²) in [6, 6.07) is 18.0. The molecule has 0 unspecified atom stereocenters. The molecule has 4 aromatic rings. The Morgan fingerprint density at radius 1 is 0.907 bits per heavy atom. The molecule has 226 valence electrons. The number of carbonyl (C=O) groups is 1. The molecule has 0 aliphatic carbocycles. The summed E-state index contributed by atoms with van der Waals surface area (Å²) in [6.07, 6.45) is -4.64. The molecule has 0 radical (unpaired) electrons. The Hall–Kier alpha value is -4.42. The lowest BCUT2D eigenvalue weighted by Crippen LogP contribution is -2.63. The van der Waals surface area contributed by atoms with Crippen LogP contribution in [0.5, 0.6) is 17.2 Å². The van der Waals surface area contributed by atoms with E-state index >= 15 is 0 Å². The maximum atomic E-state index is 13.2. The second kappa shape index (κ2) is 12.1. The fraction of sp³-hybridized carbons (Fsp3) is 0.312. The molecule has 4 atom stereocenters. The molecule has 3 aromatic carbocycles. The number of hydrogen-bond acceptors (Lipinski definition) is 10. The maximum Gasteiger partial charge on any atom is 0.258 e. The Morgan fingerprint density at radius 2 is 1.70 bits per heavy atom. The first kappa shape index (κ1) is 30.1. The van der Waals surface area contributed by atoms with Gasteiger partial charge in [-0.1, -0.05) is 12.1 Å². The first-order chi connectivity index (χ1) is 20.5. The molecule has 1 saturated heterocycles. The van der Waals surface area contributed by atoms with Gasteiger partial charge in [0.1, 0.15) is 41.1 Å². The van der Waals surface area contributed by atoms with Crippen molar-refractivity contribution in [3.05, 3.63) is 82.5 Å². The molecule has 11 heteroatoms. The number of rotatable bonds is 8. The van der Waals surface area contributed by atoms with Crippen molar-refractivity contribution in [2.45, 2.75) is 44.1 Å². The third-order valence-electron chi connectivity index (χ3n) is 7.33. The highest BCUT2D eigenvalue weighted by Gasteiger charge is 2.50. The highest BCUT2D eigenvalue weighted by molar-refractivity contribution is 6.05. The smallest absolute Gasteiger partial charge is 0.258 e.